The van der Waals surface area contributed by atoms with Crippen LogP contribution in [0.4, 0.5) is 0 Å². The van der Waals surface area contributed by atoms with E-state index < -0.39 is 25.9 Å². The Morgan fingerprint density at radius 1 is 1.33 bits per heavy atom. The van der Waals surface area contributed by atoms with E-state index in [1.807, 2.05) is 6.07 Å². The zero-order valence-corrected chi connectivity index (χ0v) is 13.2. The van der Waals surface area contributed by atoms with Crippen LogP contribution in [-0.2, 0) is 26.3 Å². The SMILES string of the molecule is CN(C1CCS(=O)(=O)C1)S(=O)(=O)c1ccc(CC#N)cc1. The summed E-state index contributed by atoms with van der Waals surface area (Å²) >= 11 is 0. The van der Waals surface area contributed by atoms with Crippen LogP contribution >= 0.6 is 0 Å². The minimum absolute atomic E-state index is 0.0264. The first-order valence-electron chi connectivity index (χ1n) is 6.40. The molecule has 0 N–H and O–H groups in total. The molecule has 1 saturated heterocycles. The van der Waals surface area contributed by atoms with E-state index in [1.165, 1.54) is 19.2 Å². The predicted octanol–water partition coefficient (Wildman–Crippen LogP) is 0.560. The summed E-state index contributed by atoms with van der Waals surface area (Å²) in [5.74, 6) is -0.103. The molecule has 0 aliphatic carbocycles. The largest absolute Gasteiger partial charge is 0.243 e. The summed E-state index contributed by atoms with van der Waals surface area (Å²) in [6, 6.07) is 7.56. The molecule has 0 aromatic heterocycles. The number of rotatable bonds is 4. The van der Waals surface area contributed by atoms with Crippen molar-refractivity contribution in [2.45, 2.75) is 23.8 Å². The molecule has 1 aliphatic rings. The highest BCUT2D eigenvalue weighted by atomic mass is 32.2. The van der Waals surface area contributed by atoms with E-state index in [0.717, 1.165) is 9.87 Å². The van der Waals surface area contributed by atoms with Crippen LogP contribution in [0.2, 0.25) is 0 Å². The molecule has 2 rings (SSSR count). The van der Waals surface area contributed by atoms with Crippen molar-refractivity contribution < 1.29 is 16.8 Å². The van der Waals surface area contributed by atoms with E-state index in [0.29, 0.717) is 6.42 Å². The highest BCUT2D eigenvalue weighted by Crippen LogP contribution is 2.23. The molecule has 1 heterocycles. The molecule has 1 unspecified atom stereocenters. The lowest BCUT2D eigenvalue weighted by Gasteiger charge is -2.22. The maximum absolute atomic E-state index is 12.5. The summed E-state index contributed by atoms with van der Waals surface area (Å²) in [5.41, 5.74) is 0.738. The van der Waals surface area contributed by atoms with Crippen molar-refractivity contribution in [2.24, 2.45) is 0 Å². The van der Waals surface area contributed by atoms with E-state index >= 15 is 0 Å². The van der Waals surface area contributed by atoms with Gasteiger partial charge in [0.05, 0.1) is 28.9 Å². The second kappa shape index (κ2) is 5.75. The summed E-state index contributed by atoms with van der Waals surface area (Å²) in [7, 11) is -5.45. The molecule has 114 valence electrons. The number of nitriles is 1. The minimum atomic E-state index is -3.72. The van der Waals surface area contributed by atoms with Gasteiger partial charge in [0.1, 0.15) is 0 Å². The van der Waals surface area contributed by atoms with E-state index in [-0.39, 0.29) is 22.8 Å². The molecule has 0 spiro atoms. The number of sulfone groups is 1. The average molecular weight is 328 g/mol. The lowest BCUT2D eigenvalue weighted by atomic mass is 10.2. The third kappa shape index (κ3) is 3.43. The Kier molecular flexibility index (Phi) is 4.37. The Bertz CT molecular complexity index is 761. The average Bonchev–Trinajstić information content (AvgIpc) is 2.79. The molecular weight excluding hydrogens is 312 g/mol. The monoisotopic (exact) mass is 328 g/mol. The molecule has 1 fully saturated rings. The van der Waals surface area contributed by atoms with Gasteiger partial charge in [-0.05, 0) is 24.1 Å². The molecule has 1 aromatic rings. The molecule has 0 bridgehead atoms. The van der Waals surface area contributed by atoms with Gasteiger partial charge in [-0.25, -0.2) is 16.8 Å². The van der Waals surface area contributed by atoms with Crippen LogP contribution in [0.1, 0.15) is 12.0 Å². The number of hydrogen-bond acceptors (Lipinski definition) is 5. The van der Waals surface area contributed by atoms with Crippen LogP contribution in [0.3, 0.4) is 0 Å². The highest BCUT2D eigenvalue weighted by molar-refractivity contribution is 7.92. The van der Waals surface area contributed by atoms with Crippen molar-refractivity contribution in [1.82, 2.24) is 4.31 Å². The van der Waals surface area contributed by atoms with Crippen molar-refractivity contribution >= 4 is 19.9 Å². The van der Waals surface area contributed by atoms with Gasteiger partial charge in [-0.3, -0.25) is 0 Å². The summed E-state index contributed by atoms with van der Waals surface area (Å²) in [5, 5.41) is 8.60. The Hall–Kier alpha value is -1.43. The second-order valence-corrected chi connectivity index (χ2v) is 9.28. The van der Waals surface area contributed by atoms with Gasteiger partial charge in [0.2, 0.25) is 10.0 Å². The lowest BCUT2D eigenvalue weighted by molar-refractivity contribution is 0.394. The molecule has 21 heavy (non-hydrogen) atoms. The van der Waals surface area contributed by atoms with Gasteiger partial charge in [-0.15, -0.1) is 0 Å². The first-order chi connectivity index (χ1) is 9.76. The molecule has 1 aromatic carbocycles. The van der Waals surface area contributed by atoms with Crippen LogP contribution in [0.5, 0.6) is 0 Å². The smallest absolute Gasteiger partial charge is 0.229 e. The van der Waals surface area contributed by atoms with Crippen LogP contribution in [-0.4, -0.2) is 45.7 Å². The van der Waals surface area contributed by atoms with Crippen molar-refractivity contribution in [3.63, 3.8) is 0 Å². The zero-order chi connectivity index (χ0) is 15.7. The highest BCUT2D eigenvalue weighted by Gasteiger charge is 2.36. The Balaban J connectivity index is 2.23. The minimum Gasteiger partial charge on any atom is -0.229 e. The normalized spacial score (nSPS) is 21.3. The van der Waals surface area contributed by atoms with Crippen LogP contribution in [0, 0.1) is 11.3 Å². The van der Waals surface area contributed by atoms with E-state index in [4.69, 9.17) is 5.26 Å². The first-order valence-corrected chi connectivity index (χ1v) is 9.67. The number of sulfonamides is 1. The Morgan fingerprint density at radius 3 is 2.43 bits per heavy atom. The summed E-state index contributed by atoms with van der Waals surface area (Å²) < 4.78 is 49.0. The maximum atomic E-state index is 12.5. The Labute approximate surface area is 125 Å². The van der Waals surface area contributed by atoms with Crippen molar-refractivity contribution in [2.75, 3.05) is 18.6 Å². The maximum Gasteiger partial charge on any atom is 0.243 e. The third-order valence-electron chi connectivity index (χ3n) is 3.61. The van der Waals surface area contributed by atoms with Crippen molar-refractivity contribution in [1.29, 1.82) is 5.26 Å². The fourth-order valence-electron chi connectivity index (χ4n) is 2.30. The van der Waals surface area contributed by atoms with E-state index in [1.54, 1.807) is 12.1 Å². The topological polar surface area (TPSA) is 95.3 Å². The van der Waals surface area contributed by atoms with Gasteiger partial charge in [-0.2, -0.15) is 9.57 Å². The van der Waals surface area contributed by atoms with Gasteiger partial charge in [0.25, 0.3) is 0 Å². The number of nitrogens with zero attached hydrogens (tertiary/aromatic N) is 2. The van der Waals surface area contributed by atoms with Crippen LogP contribution in [0.15, 0.2) is 29.2 Å². The summed E-state index contributed by atoms with van der Waals surface area (Å²) in [6.45, 7) is 0. The molecule has 0 radical (unpaired) electrons. The molecule has 1 aliphatic heterocycles. The first kappa shape index (κ1) is 15.9. The van der Waals surface area contributed by atoms with Crippen molar-refractivity contribution in [3.05, 3.63) is 29.8 Å². The van der Waals surface area contributed by atoms with E-state index in [9.17, 15) is 16.8 Å². The van der Waals surface area contributed by atoms with E-state index in [2.05, 4.69) is 0 Å². The van der Waals surface area contributed by atoms with Gasteiger partial charge < -0.3 is 0 Å². The van der Waals surface area contributed by atoms with Gasteiger partial charge in [-0.1, -0.05) is 12.1 Å². The molecule has 6 nitrogen and oxygen atoms in total. The zero-order valence-electron chi connectivity index (χ0n) is 11.6. The third-order valence-corrected chi connectivity index (χ3v) is 7.28. The van der Waals surface area contributed by atoms with Gasteiger partial charge in [0, 0.05) is 13.1 Å². The van der Waals surface area contributed by atoms with Crippen LogP contribution < -0.4 is 0 Å². The van der Waals surface area contributed by atoms with Crippen molar-refractivity contribution in [3.8, 4) is 6.07 Å². The fraction of sp³-hybridized carbons (Fsp3) is 0.462. The quantitative estimate of drug-likeness (QED) is 0.805. The van der Waals surface area contributed by atoms with Gasteiger partial charge in [0.15, 0.2) is 9.84 Å². The number of hydrogen-bond donors (Lipinski definition) is 0. The predicted molar refractivity (Wildman–Crippen MR) is 77.8 cm³/mol. The lowest BCUT2D eigenvalue weighted by Crippen LogP contribution is -2.37. The number of benzene rings is 1. The fourth-order valence-corrected chi connectivity index (χ4v) is 5.55. The Morgan fingerprint density at radius 2 is 1.95 bits per heavy atom. The van der Waals surface area contributed by atoms with Crippen LogP contribution in [0.25, 0.3) is 0 Å². The standard InChI is InChI=1S/C13H16N2O4S2/c1-15(12-7-9-20(16,17)10-12)21(18,19)13-4-2-11(3-5-13)6-8-14/h2-5,12H,6-7,9-10H2,1H3. The summed E-state index contributed by atoms with van der Waals surface area (Å²) in [6.07, 6.45) is 0.543. The molecular formula is C13H16N2O4S2. The molecule has 1 atom stereocenters. The second-order valence-electron chi connectivity index (χ2n) is 5.06. The summed E-state index contributed by atoms with van der Waals surface area (Å²) in [4.78, 5) is 0.107. The molecule has 8 heteroatoms. The van der Waals surface area contributed by atoms with Gasteiger partial charge >= 0.3 is 0 Å². The molecule has 0 amide bonds. The molecule has 0 saturated carbocycles.